The lowest BCUT2D eigenvalue weighted by Crippen LogP contribution is -2.20. The van der Waals surface area contributed by atoms with Crippen LogP contribution in [0.15, 0.2) is 24.3 Å². The van der Waals surface area contributed by atoms with Gasteiger partial charge in [0.05, 0.1) is 0 Å². The van der Waals surface area contributed by atoms with Crippen molar-refractivity contribution in [1.29, 1.82) is 0 Å². The minimum absolute atomic E-state index is 0. The quantitative estimate of drug-likeness (QED) is 0.543. The Hall–Kier alpha value is -0.0500. The summed E-state index contributed by atoms with van der Waals surface area (Å²) < 4.78 is 0. The zero-order valence-electron chi connectivity index (χ0n) is 12.2. The van der Waals surface area contributed by atoms with Gasteiger partial charge in [-0.2, -0.15) is 0 Å². The van der Waals surface area contributed by atoms with Crippen molar-refractivity contribution in [2.75, 3.05) is 20.1 Å². The Bertz CT molecular complexity index is 313. The molecule has 0 radical (unpaired) electrons. The van der Waals surface area contributed by atoms with E-state index in [1.807, 2.05) is 12.1 Å². The number of nitrogens with zero attached hydrogens (tertiary/aromatic N) is 1. The summed E-state index contributed by atoms with van der Waals surface area (Å²) in [5, 5.41) is 0.828. The van der Waals surface area contributed by atoms with Crippen LogP contribution in [0, 0.1) is 0 Å². The van der Waals surface area contributed by atoms with E-state index < -0.39 is 0 Å². The SMILES string of the molecule is Br.CCCCCN(C)CCCCc1ccc(Cl)cc1. The van der Waals surface area contributed by atoms with Crippen LogP contribution in [-0.4, -0.2) is 25.0 Å². The van der Waals surface area contributed by atoms with Crippen LogP contribution in [0.25, 0.3) is 0 Å². The summed E-state index contributed by atoms with van der Waals surface area (Å²) in [7, 11) is 2.23. The van der Waals surface area contributed by atoms with Gasteiger partial charge in [-0.3, -0.25) is 0 Å². The van der Waals surface area contributed by atoms with E-state index in [0.717, 1.165) is 5.02 Å². The molecular formula is C16H27BrClN. The fraction of sp³-hybridized carbons (Fsp3) is 0.625. The van der Waals surface area contributed by atoms with Gasteiger partial charge in [0.1, 0.15) is 0 Å². The van der Waals surface area contributed by atoms with Gasteiger partial charge < -0.3 is 4.90 Å². The predicted octanol–water partition coefficient (Wildman–Crippen LogP) is 5.36. The van der Waals surface area contributed by atoms with Crippen molar-refractivity contribution in [3.8, 4) is 0 Å². The van der Waals surface area contributed by atoms with Gasteiger partial charge in [0, 0.05) is 5.02 Å². The van der Waals surface area contributed by atoms with Crippen LogP contribution in [0.3, 0.4) is 0 Å². The fourth-order valence-electron chi connectivity index (χ4n) is 2.11. The van der Waals surface area contributed by atoms with Crippen LogP contribution in [0.4, 0.5) is 0 Å². The molecule has 3 heteroatoms. The normalized spacial score (nSPS) is 10.5. The molecule has 0 aliphatic heterocycles. The van der Waals surface area contributed by atoms with Crippen LogP contribution < -0.4 is 0 Å². The molecule has 0 aliphatic carbocycles. The maximum atomic E-state index is 5.87. The first kappa shape index (κ1) is 18.9. The van der Waals surface area contributed by atoms with Gasteiger partial charge in [0.15, 0.2) is 0 Å². The second-order valence-corrected chi connectivity index (χ2v) is 5.53. The summed E-state index contributed by atoms with van der Waals surface area (Å²) in [6.07, 6.45) is 7.72. The van der Waals surface area contributed by atoms with Gasteiger partial charge in [-0.1, -0.05) is 43.5 Å². The smallest absolute Gasteiger partial charge is 0.0406 e. The molecule has 0 aromatic heterocycles. The Kier molecular flexibility index (Phi) is 11.7. The lowest BCUT2D eigenvalue weighted by atomic mass is 10.1. The third kappa shape index (κ3) is 9.48. The fourth-order valence-corrected chi connectivity index (χ4v) is 2.23. The van der Waals surface area contributed by atoms with Gasteiger partial charge in [-0.25, -0.2) is 0 Å². The lowest BCUT2D eigenvalue weighted by Gasteiger charge is -2.16. The summed E-state index contributed by atoms with van der Waals surface area (Å²) in [6.45, 7) is 4.72. The molecule has 19 heavy (non-hydrogen) atoms. The van der Waals surface area contributed by atoms with Crippen LogP contribution in [-0.2, 0) is 6.42 Å². The summed E-state index contributed by atoms with van der Waals surface area (Å²) in [4.78, 5) is 2.46. The standard InChI is InChI=1S/C16H26ClN.BrH/c1-3-4-6-13-18(2)14-7-5-8-15-9-11-16(17)12-10-15;/h9-12H,3-8,13-14H2,1-2H3;1H. The highest BCUT2D eigenvalue weighted by atomic mass is 79.9. The Labute approximate surface area is 134 Å². The van der Waals surface area contributed by atoms with Crippen LogP contribution in [0.2, 0.25) is 5.02 Å². The number of unbranched alkanes of at least 4 members (excludes halogenated alkanes) is 3. The lowest BCUT2D eigenvalue weighted by molar-refractivity contribution is 0.318. The Morgan fingerprint density at radius 2 is 1.53 bits per heavy atom. The topological polar surface area (TPSA) is 3.24 Å². The molecule has 0 aliphatic rings. The minimum Gasteiger partial charge on any atom is -0.306 e. The highest BCUT2D eigenvalue weighted by Crippen LogP contribution is 2.11. The molecule has 0 unspecified atom stereocenters. The average Bonchev–Trinajstić information content (AvgIpc) is 2.37. The highest BCUT2D eigenvalue weighted by molar-refractivity contribution is 8.93. The summed E-state index contributed by atoms with van der Waals surface area (Å²) >= 11 is 5.87. The largest absolute Gasteiger partial charge is 0.306 e. The van der Waals surface area contributed by atoms with Gasteiger partial charge in [0.2, 0.25) is 0 Å². The minimum atomic E-state index is 0. The van der Waals surface area contributed by atoms with E-state index >= 15 is 0 Å². The number of hydrogen-bond donors (Lipinski definition) is 0. The number of aryl methyl sites for hydroxylation is 1. The van der Waals surface area contributed by atoms with Crippen molar-refractivity contribution in [3.63, 3.8) is 0 Å². The van der Waals surface area contributed by atoms with Gasteiger partial charge >= 0.3 is 0 Å². The molecule has 0 spiro atoms. The van der Waals surface area contributed by atoms with Crippen LogP contribution in [0.5, 0.6) is 0 Å². The Morgan fingerprint density at radius 3 is 2.11 bits per heavy atom. The first-order chi connectivity index (χ1) is 8.72. The predicted molar refractivity (Wildman–Crippen MR) is 91.7 cm³/mol. The van der Waals surface area contributed by atoms with E-state index in [1.165, 1.54) is 57.2 Å². The molecule has 0 bridgehead atoms. The summed E-state index contributed by atoms with van der Waals surface area (Å²) in [5.74, 6) is 0. The second-order valence-electron chi connectivity index (χ2n) is 5.09. The van der Waals surface area contributed by atoms with E-state index in [4.69, 9.17) is 11.6 Å². The van der Waals surface area contributed by atoms with E-state index in [2.05, 4.69) is 31.0 Å². The first-order valence-corrected chi connectivity index (χ1v) is 7.53. The van der Waals surface area contributed by atoms with Gasteiger partial charge in [-0.15, -0.1) is 17.0 Å². The number of rotatable bonds is 9. The third-order valence-corrected chi connectivity index (χ3v) is 3.56. The molecule has 1 aromatic rings. The average molecular weight is 349 g/mol. The van der Waals surface area contributed by atoms with Crippen molar-refractivity contribution < 1.29 is 0 Å². The third-order valence-electron chi connectivity index (χ3n) is 3.31. The molecule has 1 rings (SSSR count). The molecule has 0 amide bonds. The van der Waals surface area contributed by atoms with Crippen molar-refractivity contribution in [2.45, 2.75) is 45.4 Å². The zero-order valence-corrected chi connectivity index (χ0v) is 14.7. The van der Waals surface area contributed by atoms with Crippen molar-refractivity contribution >= 4 is 28.6 Å². The molecule has 1 nitrogen and oxygen atoms in total. The van der Waals surface area contributed by atoms with Gasteiger partial charge in [-0.05, 0) is 63.5 Å². The van der Waals surface area contributed by atoms with Crippen LogP contribution in [0.1, 0.15) is 44.6 Å². The molecule has 1 aromatic carbocycles. The van der Waals surface area contributed by atoms with E-state index in [1.54, 1.807) is 0 Å². The molecule has 0 saturated carbocycles. The molecule has 0 atom stereocenters. The summed E-state index contributed by atoms with van der Waals surface area (Å²) in [6, 6.07) is 8.22. The second kappa shape index (κ2) is 11.7. The Balaban J connectivity index is 0.00000324. The zero-order chi connectivity index (χ0) is 13.2. The molecule has 0 fully saturated rings. The van der Waals surface area contributed by atoms with Crippen LogP contribution >= 0.6 is 28.6 Å². The maximum absolute atomic E-state index is 5.87. The van der Waals surface area contributed by atoms with E-state index in [9.17, 15) is 0 Å². The number of benzene rings is 1. The molecule has 110 valence electrons. The van der Waals surface area contributed by atoms with Crippen molar-refractivity contribution in [3.05, 3.63) is 34.9 Å². The van der Waals surface area contributed by atoms with Gasteiger partial charge in [0.25, 0.3) is 0 Å². The van der Waals surface area contributed by atoms with Crippen molar-refractivity contribution in [1.82, 2.24) is 4.90 Å². The molecular weight excluding hydrogens is 322 g/mol. The number of halogens is 2. The van der Waals surface area contributed by atoms with Crippen molar-refractivity contribution in [2.24, 2.45) is 0 Å². The first-order valence-electron chi connectivity index (χ1n) is 7.15. The molecule has 0 heterocycles. The monoisotopic (exact) mass is 347 g/mol. The highest BCUT2D eigenvalue weighted by Gasteiger charge is 1.98. The molecule has 0 N–H and O–H groups in total. The Morgan fingerprint density at radius 1 is 0.947 bits per heavy atom. The van der Waals surface area contributed by atoms with E-state index in [-0.39, 0.29) is 17.0 Å². The number of hydrogen-bond acceptors (Lipinski definition) is 1. The maximum Gasteiger partial charge on any atom is 0.0406 e. The van der Waals surface area contributed by atoms with E-state index in [0.29, 0.717) is 0 Å². The molecule has 0 saturated heterocycles. The summed E-state index contributed by atoms with van der Waals surface area (Å²) in [5.41, 5.74) is 1.40.